The lowest BCUT2D eigenvalue weighted by atomic mass is 9.79. The van der Waals surface area contributed by atoms with Gasteiger partial charge in [0.2, 0.25) is 5.06 Å². The molecule has 0 saturated carbocycles. The summed E-state index contributed by atoms with van der Waals surface area (Å²) < 4.78 is 5.79. The van der Waals surface area contributed by atoms with Gasteiger partial charge in [-0.3, -0.25) is 9.69 Å². The maximum atomic E-state index is 12.6. The van der Waals surface area contributed by atoms with Crippen molar-refractivity contribution in [1.29, 1.82) is 0 Å². The van der Waals surface area contributed by atoms with E-state index in [0.29, 0.717) is 22.0 Å². The van der Waals surface area contributed by atoms with Crippen LogP contribution in [0.5, 0.6) is 10.8 Å². The minimum absolute atomic E-state index is 0.0886. The van der Waals surface area contributed by atoms with Crippen molar-refractivity contribution in [2.75, 3.05) is 13.1 Å². The van der Waals surface area contributed by atoms with Gasteiger partial charge in [-0.25, -0.2) is 4.98 Å². The zero-order valence-corrected chi connectivity index (χ0v) is 15.4. The largest absolute Gasteiger partial charge is 0.445 e. The second-order valence-electron chi connectivity index (χ2n) is 7.01. The van der Waals surface area contributed by atoms with Crippen LogP contribution in [-0.2, 0) is 0 Å². The second-order valence-corrected chi connectivity index (χ2v) is 8.01. The van der Waals surface area contributed by atoms with E-state index >= 15 is 0 Å². The van der Waals surface area contributed by atoms with Gasteiger partial charge in [0.1, 0.15) is 5.75 Å². The summed E-state index contributed by atoms with van der Waals surface area (Å²) in [5.74, 6) is 1.26. The number of benzene rings is 1. The van der Waals surface area contributed by atoms with E-state index in [1.807, 2.05) is 31.2 Å². The van der Waals surface area contributed by atoms with E-state index < -0.39 is 0 Å². The Morgan fingerprint density at radius 1 is 1.28 bits per heavy atom. The highest BCUT2D eigenvalue weighted by Crippen LogP contribution is 2.33. The fraction of sp³-hybridized carbons (Fsp3) is 0.474. The second kappa shape index (κ2) is 6.77. The SMILES string of the molecule is Cc1ccc(Oc2cnc(C(=O)NC3C4CCN(CC4)C3C)s2)cc1. The van der Waals surface area contributed by atoms with Crippen LogP contribution in [0.25, 0.3) is 0 Å². The number of carbonyl (C=O) groups is 1. The van der Waals surface area contributed by atoms with Crippen molar-refractivity contribution in [3.05, 3.63) is 41.0 Å². The van der Waals surface area contributed by atoms with Crippen LogP contribution in [0.3, 0.4) is 0 Å². The highest BCUT2D eigenvalue weighted by Gasteiger charge is 2.40. The third kappa shape index (κ3) is 3.41. The zero-order chi connectivity index (χ0) is 17.4. The Morgan fingerprint density at radius 2 is 2.00 bits per heavy atom. The first-order valence-corrected chi connectivity index (χ1v) is 9.67. The minimum Gasteiger partial charge on any atom is -0.445 e. The quantitative estimate of drug-likeness (QED) is 0.910. The Bertz CT molecular complexity index is 748. The molecule has 3 aliphatic heterocycles. The van der Waals surface area contributed by atoms with Gasteiger partial charge in [0.15, 0.2) is 5.01 Å². The number of ether oxygens (including phenoxy) is 1. The topological polar surface area (TPSA) is 54.5 Å². The van der Waals surface area contributed by atoms with Crippen molar-refractivity contribution >= 4 is 17.2 Å². The number of amides is 1. The van der Waals surface area contributed by atoms with Gasteiger partial charge in [-0.1, -0.05) is 29.0 Å². The van der Waals surface area contributed by atoms with E-state index in [9.17, 15) is 4.79 Å². The predicted octanol–water partition coefficient (Wildman–Crippen LogP) is 3.46. The van der Waals surface area contributed by atoms with Crippen molar-refractivity contribution in [2.45, 2.75) is 38.8 Å². The molecule has 0 spiro atoms. The van der Waals surface area contributed by atoms with E-state index in [-0.39, 0.29) is 11.9 Å². The number of aryl methyl sites for hydroxylation is 1. The monoisotopic (exact) mass is 357 g/mol. The Kier molecular flexibility index (Phi) is 4.48. The molecule has 3 saturated heterocycles. The van der Waals surface area contributed by atoms with E-state index in [2.05, 4.69) is 22.1 Å². The number of carbonyl (C=O) groups excluding carboxylic acids is 1. The number of thiazole rings is 1. The van der Waals surface area contributed by atoms with Crippen molar-refractivity contribution in [3.63, 3.8) is 0 Å². The predicted molar refractivity (Wildman–Crippen MR) is 98.4 cm³/mol. The number of aromatic nitrogens is 1. The van der Waals surface area contributed by atoms with Gasteiger partial charge in [-0.2, -0.15) is 0 Å². The Balaban J connectivity index is 1.41. The molecular weight excluding hydrogens is 334 g/mol. The van der Waals surface area contributed by atoms with E-state index in [1.165, 1.54) is 29.7 Å². The summed E-state index contributed by atoms with van der Waals surface area (Å²) in [6.07, 6.45) is 3.98. The first-order chi connectivity index (χ1) is 12.1. The van der Waals surface area contributed by atoms with Crippen molar-refractivity contribution in [2.24, 2.45) is 5.92 Å². The molecule has 1 aromatic heterocycles. The third-order valence-electron chi connectivity index (χ3n) is 5.39. The molecule has 2 atom stereocenters. The third-order valence-corrected chi connectivity index (χ3v) is 6.27. The number of rotatable bonds is 4. The van der Waals surface area contributed by atoms with Crippen LogP contribution in [0.4, 0.5) is 0 Å². The molecule has 2 unspecified atom stereocenters. The molecule has 1 amide bonds. The first-order valence-electron chi connectivity index (χ1n) is 8.85. The fourth-order valence-corrected chi connectivity index (χ4v) is 4.58. The van der Waals surface area contributed by atoms with Gasteiger partial charge < -0.3 is 10.1 Å². The summed E-state index contributed by atoms with van der Waals surface area (Å²) >= 11 is 1.29. The number of piperidine rings is 3. The zero-order valence-electron chi connectivity index (χ0n) is 14.6. The summed E-state index contributed by atoms with van der Waals surface area (Å²) in [7, 11) is 0. The molecule has 2 aromatic rings. The van der Waals surface area contributed by atoms with Crippen LogP contribution in [0.15, 0.2) is 30.5 Å². The van der Waals surface area contributed by atoms with Crippen LogP contribution in [-0.4, -0.2) is 41.0 Å². The average molecular weight is 357 g/mol. The molecule has 0 aliphatic carbocycles. The summed E-state index contributed by atoms with van der Waals surface area (Å²) in [6.45, 7) is 6.56. The Hall–Kier alpha value is -1.92. The average Bonchev–Trinajstić information content (AvgIpc) is 3.09. The van der Waals surface area contributed by atoms with E-state index in [4.69, 9.17) is 4.74 Å². The molecule has 2 bridgehead atoms. The molecule has 1 aromatic carbocycles. The summed E-state index contributed by atoms with van der Waals surface area (Å²) in [4.78, 5) is 19.3. The number of hydrogen-bond donors (Lipinski definition) is 1. The molecule has 25 heavy (non-hydrogen) atoms. The van der Waals surface area contributed by atoms with Gasteiger partial charge in [0, 0.05) is 12.1 Å². The molecule has 0 radical (unpaired) electrons. The number of nitrogens with one attached hydrogen (secondary N) is 1. The van der Waals surface area contributed by atoms with Crippen LogP contribution >= 0.6 is 11.3 Å². The highest BCUT2D eigenvalue weighted by molar-refractivity contribution is 7.15. The molecule has 3 fully saturated rings. The van der Waals surface area contributed by atoms with Crippen LogP contribution in [0.2, 0.25) is 0 Å². The summed E-state index contributed by atoms with van der Waals surface area (Å²) in [6, 6.07) is 8.46. The lowest BCUT2D eigenvalue weighted by Gasteiger charge is -2.49. The van der Waals surface area contributed by atoms with Crippen LogP contribution in [0, 0.1) is 12.8 Å². The fourth-order valence-electron chi connectivity index (χ4n) is 3.89. The van der Waals surface area contributed by atoms with Crippen molar-refractivity contribution < 1.29 is 9.53 Å². The summed E-state index contributed by atoms with van der Waals surface area (Å²) in [5, 5.41) is 4.31. The number of nitrogens with zero attached hydrogens (tertiary/aromatic N) is 2. The minimum atomic E-state index is -0.0886. The number of hydrogen-bond acceptors (Lipinski definition) is 5. The molecule has 132 valence electrons. The number of fused-ring (bicyclic) bond motifs is 3. The van der Waals surface area contributed by atoms with Crippen LogP contribution in [0.1, 0.15) is 35.1 Å². The molecule has 5 nitrogen and oxygen atoms in total. The van der Waals surface area contributed by atoms with Crippen LogP contribution < -0.4 is 10.1 Å². The molecule has 5 rings (SSSR count). The molecule has 4 heterocycles. The Morgan fingerprint density at radius 3 is 2.68 bits per heavy atom. The van der Waals surface area contributed by atoms with Crippen molar-refractivity contribution in [1.82, 2.24) is 15.2 Å². The maximum Gasteiger partial charge on any atom is 0.280 e. The van der Waals surface area contributed by atoms with Crippen molar-refractivity contribution in [3.8, 4) is 10.8 Å². The maximum absolute atomic E-state index is 12.6. The van der Waals surface area contributed by atoms with Gasteiger partial charge in [0.25, 0.3) is 5.91 Å². The molecular formula is C19H23N3O2S. The highest BCUT2D eigenvalue weighted by atomic mass is 32.1. The van der Waals surface area contributed by atoms with Gasteiger partial charge in [0.05, 0.1) is 6.20 Å². The van der Waals surface area contributed by atoms with Gasteiger partial charge >= 0.3 is 0 Å². The molecule has 6 heteroatoms. The summed E-state index contributed by atoms with van der Waals surface area (Å²) in [5.41, 5.74) is 1.18. The lowest BCUT2D eigenvalue weighted by Crippen LogP contribution is -2.62. The smallest absolute Gasteiger partial charge is 0.280 e. The lowest BCUT2D eigenvalue weighted by molar-refractivity contribution is 0.0217. The Labute approximate surface area is 152 Å². The van der Waals surface area contributed by atoms with E-state index in [0.717, 1.165) is 18.8 Å². The molecule has 1 N–H and O–H groups in total. The van der Waals surface area contributed by atoms with Gasteiger partial charge in [-0.15, -0.1) is 0 Å². The van der Waals surface area contributed by atoms with Gasteiger partial charge in [-0.05, 0) is 57.8 Å². The van der Waals surface area contributed by atoms with E-state index in [1.54, 1.807) is 6.20 Å². The standard InChI is InChI=1S/C19H23N3O2S/c1-12-3-5-15(6-4-12)24-16-11-20-19(25-16)18(23)21-17-13(2)22-9-7-14(17)8-10-22/h3-6,11,13-14,17H,7-10H2,1-2H3,(H,21,23). The normalized spacial score (nSPS) is 27.9. The first kappa shape index (κ1) is 16.5. The molecule has 3 aliphatic rings.